The van der Waals surface area contributed by atoms with Gasteiger partial charge in [-0.2, -0.15) is 0 Å². The van der Waals surface area contributed by atoms with Gasteiger partial charge in [-0.15, -0.1) is 0 Å². The van der Waals surface area contributed by atoms with E-state index in [0.29, 0.717) is 31.5 Å². The van der Waals surface area contributed by atoms with Crippen molar-refractivity contribution in [2.75, 3.05) is 44.7 Å². The third-order valence-electron chi connectivity index (χ3n) is 10.9. The highest BCUT2D eigenvalue weighted by atomic mass is 35.5. The van der Waals surface area contributed by atoms with Crippen LogP contribution in [0.2, 0.25) is 5.15 Å². The average molecular weight is 929 g/mol. The number of nitrogens with zero attached hydrogens (tertiary/aromatic N) is 4. The minimum absolute atomic E-state index is 0.0114. The number of benzene rings is 3. The molecule has 65 heavy (non-hydrogen) atoms. The zero-order valence-corrected chi connectivity index (χ0v) is 36.5. The lowest BCUT2D eigenvalue weighted by Gasteiger charge is -2.33. The van der Waals surface area contributed by atoms with E-state index in [1.165, 1.54) is 11.1 Å². The molecule has 0 bridgehead atoms. The van der Waals surface area contributed by atoms with E-state index in [1.54, 1.807) is 24.3 Å². The number of carbonyl (C=O) groups is 2. The van der Waals surface area contributed by atoms with E-state index in [4.69, 9.17) is 39.0 Å². The van der Waals surface area contributed by atoms with Gasteiger partial charge >= 0.3 is 0 Å². The molecule has 0 aliphatic heterocycles. The second-order valence-corrected chi connectivity index (χ2v) is 16.3. The van der Waals surface area contributed by atoms with Gasteiger partial charge in [0.25, 0.3) is 5.91 Å². The molecule has 1 heterocycles. The van der Waals surface area contributed by atoms with E-state index in [1.807, 2.05) is 36.4 Å². The number of aliphatic hydroxyl groups is 10. The SMILES string of the molecule is NC(=O)c1nc(Cl)cnc1C(N)=NCCCCc1ccc(C[C@H](N)C(=O)Nc2ccc(CCCN(C[C@H](O)[C@@H](O)[C@H](O)[C@H](O)CO)C[C@H](O)[C@@H](O)[C@H](O)[C@H](O)CO)cc2)c2ccccc12. The van der Waals surface area contributed by atoms with Crippen LogP contribution in [0.1, 0.15) is 52.1 Å². The number of aryl methyl sites for hydroxylation is 2. The monoisotopic (exact) mass is 928 g/mol. The fourth-order valence-electron chi connectivity index (χ4n) is 7.20. The molecule has 0 saturated heterocycles. The van der Waals surface area contributed by atoms with E-state index < -0.39 is 74.0 Å². The quantitative estimate of drug-likeness (QED) is 0.0170. The number of primary amides is 1. The van der Waals surface area contributed by atoms with Gasteiger partial charge in [-0.1, -0.05) is 60.1 Å². The van der Waals surface area contributed by atoms with Crippen molar-refractivity contribution in [3.63, 3.8) is 0 Å². The summed E-state index contributed by atoms with van der Waals surface area (Å²) >= 11 is 5.84. The minimum atomic E-state index is -1.89. The van der Waals surface area contributed by atoms with Gasteiger partial charge in [-0.25, -0.2) is 9.97 Å². The first-order valence-electron chi connectivity index (χ1n) is 21.1. The van der Waals surface area contributed by atoms with Crippen LogP contribution in [0.25, 0.3) is 10.8 Å². The molecule has 0 saturated carbocycles. The van der Waals surface area contributed by atoms with Crippen molar-refractivity contribution < 1.29 is 60.7 Å². The summed E-state index contributed by atoms with van der Waals surface area (Å²) in [6.07, 6.45) is -9.74. The lowest BCUT2D eigenvalue weighted by molar-refractivity contribution is -0.130. The summed E-state index contributed by atoms with van der Waals surface area (Å²) in [6, 6.07) is 18.0. The summed E-state index contributed by atoms with van der Waals surface area (Å²) in [7, 11) is 0. The number of fused-ring (bicyclic) bond motifs is 1. The topological polar surface area (TPSA) is 368 Å². The van der Waals surface area contributed by atoms with Crippen LogP contribution in [0.4, 0.5) is 5.69 Å². The molecule has 0 spiro atoms. The van der Waals surface area contributed by atoms with Crippen molar-refractivity contribution in [1.29, 1.82) is 0 Å². The van der Waals surface area contributed by atoms with Crippen molar-refractivity contribution in [3.05, 3.63) is 100 Å². The van der Waals surface area contributed by atoms with E-state index in [-0.39, 0.29) is 54.3 Å². The van der Waals surface area contributed by atoms with Gasteiger partial charge < -0.3 is 73.6 Å². The number of aromatic nitrogens is 2. The molecule has 9 atom stereocenters. The maximum Gasteiger partial charge on any atom is 0.269 e. The number of aliphatic imine (C=N–C) groups is 1. The fourth-order valence-corrected chi connectivity index (χ4v) is 7.34. The molecule has 0 radical (unpaired) electrons. The molecule has 20 nitrogen and oxygen atoms in total. The van der Waals surface area contributed by atoms with Crippen molar-refractivity contribution >= 4 is 45.7 Å². The molecule has 0 unspecified atom stereocenters. The Kier molecular flexibility index (Phi) is 21.0. The highest BCUT2D eigenvalue weighted by molar-refractivity contribution is 6.29. The van der Waals surface area contributed by atoms with Gasteiger partial charge in [0.2, 0.25) is 5.91 Å². The molecule has 0 aliphatic rings. The molecule has 17 N–H and O–H groups in total. The molecule has 4 rings (SSSR count). The maximum atomic E-state index is 13.3. The maximum absolute atomic E-state index is 13.3. The molecule has 4 aromatic rings. The highest BCUT2D eigenvalue weighted by Crippen LogP contribution is 2.26. The van der Waals surface area contributed by atoms with Gasteiger partial charge in [0.1, 0.15) is 53.3 Å². The van der Waals surface area contributed by atoms with Crippen molar-refractivity contribution in [3.8, 4) is 0 Å². The molecule has 21 heteroatoms. The lowest BCUT2D eigenvalue weighted by atomic mass is 9.93. The number of rotatable bonds is 27. The van der Waals surface area contributed by atoms with Crippen molar-refractivity contribution in [2.45, 2.75) is 93.4 Å². The summed E-state index contributed by atoms with van der Waals surface area (Å²) < 4.78 is 0. The normalized spacial score (nSPS) is 16.4. The third kappa shape index (κ3) is 15.4. The molecule has 2 amide bonds. The van der Waals surface area contributed by atoms with Crippen molar-refractivity contribution in [2.24, 2.45) is 22.2 Å². The Balaban J connectivity index is 1.31. The van der Waals surface area contributed by atoms with Crippen LogP contribution in [0.3, 0.4) is 0 Å². The lowest BCUT2D eigenvalue weighted by Crippen LogP contribution is -2.53. The van der Waals surface area contributed by atoms with E-state index in [9.17, 15) is 50.4 Å². The number of hydrogen-bond donors (Lipinski definition) is 14. The Morgan fingerprint density at radius 1 is 0.708 bits per heavy atom. The molecule has 3 aromatic carbocycles. The van der Waals surface area contributed by atoms with Crippen LogP contribution in [-0.4, -0.2) is 178 Å². The van der Waals surface area contributed by atoms with Crippen LogP contribution < -0.4 is 22.5 Å². The van der Waals surface area contributed by atoms with E-state index in [0.717, 1.165) is 40.3 Å². The number of anilines is 1. The molecule has 1 aromatic heterocycles. The van der Waals surface area contributed by atoms with Crippen LogP contribution >= 0.6 is 11.6 Å². The number of hydrogen-bond acceptors (Lipinski definition) is 17. The Labute approximate surface area is 380 Å². The molecule has 0 aliphatic carbocycles. The number of nitrogens with one attached hydrogen (secondary N) is 1. The first kappa shape index (κ1) is 52.8. The molecular weight excluding hydrogens is 868 g/mol. The summed E-state index contributed by atoms with van der Waals surface area (Å²) in [5, 5.41) is 105. The summed E-state index contributed by atoms with van der Waals surface area (Å²) in [4.78, 5) is 38.8. The standard InChI is InChI=1S/C44H61ClN8O12/c45-35-19-50-36(37(52-35)43(48)64)42(47)49-16-4-3-7-25-12-13-26(29-9-2-1-8-28(25)29)18-30(46)44(65)51-27-14-10-24(11-15-27)6-5-17-53(20-31(56)38(60)40(62)33(58)22-54)21-32(57)39(61)41(63)34(59)23-55/h1-2,8-15,19,30-34,38-41,54-63H,3-7,16-18,20-23,46H2,(H2,47,49)(H2,48,64)(H,51,65)/t30-,31-,32-,33+,34+,38+,39+,40+,41+/m0/s1. The van der Waals surface area contributed by atoms with Gasteiger partial charge in [-0.05, 0) is 84.7 Å². The Morgan fingerprint density at radius 3 is 1.83 bits per heavy atom. The van der Waals surface area contributed by atoms with Crippen LogP contribution in [-0.2, 0) is 24.1 Å². The summed E-state index contributed by atoms with van der Waals surface area (Å²) in [5.41, 5.74) is 21.2. The number of halogens is 1. The molecule has 356 valence electrons. The van der Waals surface area contributed by atoms with E-state index in [2.05, 4.69) is 20.3 Å². The second kappa shape index (κ2) is 25.8. The number of unbranched alkanes of at least 4 members (excludes halogenated alkanes) is 1. The zero-order chi connectivity index (χ0) is 47.8. The predicted molar refractivity (Wildman–Crippen MR) is 242 cm³/mol. The fraction of sp³-hybridized carbons (Fsp3) is 0.477. The summed E-state index contributed by atoms with van der Waals surface area (Å²) in [6.45, 7) is -1.96. The largest absolute Gasteiger partial charge is 0.394 e. The zero-order valence-electron chi connectivity index (χ0n) is 35.7. The number of nitrogens with two attached hydrogens (primary N) is 3. The van der Waals surface area contributed by atoms with Gasteiger partial charge in [0, 0.05) is 25.3 Å². The first-order valence-corrected chi connectivity index (χ1v) is 21.5. The second-order valence-electron chi connectivity index (χ2n) is 15.9. The predicted octanol–water partition coefficient (Wildman–Crippen LogP) is -2.27. The highest BCUT2D eigenvalue weighted by Gasteiger charge is 2.34. The van der Waals surface area contributed by atoms with Crippen LogP contribution in [0, 0.1) is 0 Å². The Morgan fingerprint density at radius 2 is 1.26 bits per heavy atom. The third-order valence-corrected chi connectivity index (χ3v) is 11.1. The summed E-state index contributed by atoms with van der Waals surface area (Å²) in [5.74, 6) is -1.16. The van der Waals surface area contributed by atoms with Gasteiger partial charge in [0.05, 0.1) is 37.7 Å². The number of amides is 2. The van der Waals surface area contributed by atoms with Crippen molar-refractivity contribution in [1.82, 2.24) is 14.9 Å². The Bertz CT molecular complexity index is 2140. The van der Waals surface area contributed by atoms with Crippen LogP contribution in [0.5, 0.6) is 0 Å². The van der Waals surface area contributed by atoms with Gasteiger partial charge in [0.15, 0.2) is 5.69 Å². The molecular formula is C44H61ClN8O12. The molecule has 0 fully saturated rings. The first-order chi connectivity index (χ1) is 30.9. The van der Waals surface area contributed by atoms with E-state index >= 15 is 0 Å². The average Bonchev–Trinajstić information content (AvgIpc) is 3.30. The van der Waals surface area contributed by atoms with Crippen LogP contribution in [0.15, 0.2) is 71.9 Å². The number of aliphatic hydroxyl groups excluding tert-OH is 10. The number of carbonyl (C=O) groups excluding carboxylic acids is 2. The Hall–Kier alpha value is -4.78. The van der Waals surface area contributed by atoms with Gasteiger partial charge in [-0.3, -0.25) is 19.5 Å². The minimum Gasteiger partial charge on any atom is -0.394 e. The smallest absolute Gasteiger partial charge is 0.269 e. The number of amidine groups is 1.